The molecular weight excluding hydrogens is 442 g/mol. The van der Waals surface area contributed by atoms with Gasteiger partial charge in [-0.2, -0.15) is 0 Å². The first-order valence-corrected chi connectivity index (χ1v) is 11.5. The summed E-state index contributed by atoms with van der Waals surface area (Å²) < 4.78 is 11.9. The second kappa shape index (κ2) is 10.8. The van der Waals surface area contributed by atoms with Crippen molar-refractivity contribution in [1.82, 2.24) is 15.3 Å². The number of imidazole rings is 1. The molecule has 0 saturated heterocycles. The van der Waals surface area contributed by atoms with Gasteiger partial charge in [-0.3, -0.25) is 4.79 Å². The van der Waals surface area contributed by atoms with E-state index in [4.69, 9.17) is 21.1 Å². The van der Waals surface area contributed by atoms with Crippen molar-refractivity contribution in [3.8, 4) is 0 Å². The highest BCUT2D eigenvalue weighted by molar-refractivity contribution is 6.30. The molecule has 2 aromatic carbocycles. The lowest BCUT2D eigenvalue weighted by Crippen LogP contribution is -2.39. The van der Waals surface area contributed by atoms with E-state index >= 15 is 0 Å². The lowest BCUT2D eigenvalue weighted by atomic mass is 9.80. The van der Waals surface area contributed by atoms with Crippen LogP contribution >= 0.6 is 11.6 Å². The van der Waals surface area contributed by atoms with Crippen molar-refractivity contribution in [2.24, 2.45) is 5.92 Å². The number of H-pyrrole nitrogens is 1. The van der Waals surface area contributed by atoms with Gasteiger partial charge in [-0.1, -0.05) is 35.9 Å². The van der Waals surface area contributed by atoms with Crippen molar-refractivity contribution in [3.05, 3.63) is 76.8 Å². The Kier molecular flexibility index (Phi) is 7.65. The fourth-order valence-corrected chi connectivity index (χ4v) is 4.30. The van der Waals surface area contributed by atoms with Crippen LogP contribution in [0.1, 0.15) is 37.1 Å². The van der Waals surface area contributed by atoms with E-state index in [0.717, 1.165) is 16.6 Å². The van der Waals surface area contributed by atoms with Gasteiger partial charge >= 0.3 is 0 Å². The van der Waals surface area contributed by atoms with E-state index in [-0.39, 0.29) is 36.7 Å². The number of ether oxygens (including phenoxy) is 2. The number of rotatable bonds is 9. The number of allylic oxidation sites excluding steroid dienone is 1. The lowest BCUT2D eigenvalue weighted by Gasteiger charge is -2.37. The molecule has 1 amide bonds. The lowest BCUT2D eigenvalue weighted by molar-refractivity contribution is -0.166. The summed E-state index contributed by atoms with van der Waals surface area (Å²) in [5, 5.41) is 12.9. The molecule has 4 rings (SSSR count). The molecule has 7 nitrogen and oxygen atoms in total. The van der Waals surface area contributed by atoms with Crippen LogP contribution in [0.5, 0.6) is 0 Å². The highest BCUT2D eigenvalue weighted by Gasteiger charge is 2.37. The average molecular weight is 470 g/mol. The number of carbonyl (C=O) groups excluding carboxylic acids is 1. The summed E-state index contributed by atoms with van der Waals surface area (Å²) in [7, 11) is 0. The van der Waals surface area contributed by atoms with Gasteiger partial charge in [0.25, 0.3) is 5.91 Å². The molecule has 0 spiro atoms. The number of para-hydroxylation sites is 2. The first-order chi connectivity index (χ1) is 16.1. The largest absolute Gasteiger partial charge is 0.459 e. The maximum Gasteiger partial charge on any atom is 0.286 e. The van der Waals surface area contributed by atoms with Crippen LogP contribution in [-0.4, -0.2) is 40.5 Å². The number of nitrogens with one attached hydrogen (secondary N) is 2. The van der Waals surface area contributed by atoms with E-state index < -0.39 is 6.29 Å². The standard InChI is InChI=1S/C25H28ClN3O4/c1-2-32-25-18(6-5-13-30)19(16-9-11-17(26)12-10-16)14-22(33-25)24(31)27-15-23-28-20-7-3-4-8-21(20)29-23/h3-4,7-12,14,18-19,25,30H,2,5-6,13,15H2,1H3,(H,27,31)(H,28,29)/t18-,19+,25+/m0/s1. The molecule has 3 aromatic rings. The van der Waals surface area contributed by atoms with Crippen LogP contribution in [0.3, 0.4) is 0 Å². The molecule has 3 atom stereocenters. The number of aromatic nitrogens is 2. The maximum absolute atomic E-state index is 13.0. The Balaban J connectivity index is 1.56. The molecule has 33 heavy (non-hydrogen) atoms. The summed E-state index contributed by atoms with van der Waals surface area (Å²) in [5.74, 6) is 0.373. The predicted molar refractivity (Wildman–Crippen MR) is 127 cm³/mol. The third-order valence-electron chi connectivity index (χ3n) is 5.74. The minimum atomic E-state index is -0.598. The second-order valence-corrected chi connectivity index (χ2v) is 8.40. The predicted octanol–water partition coefficient (Wildman–Crippen LogP) is 4.28. The highest BCUT2D eigenvalue weighted by atomic mass is 35.5. The van der Waals surface area contributed by atoms with Crippen LogP contribution in [-0.2, 0) is 20.8 Å². The van der Waals surface area contributed by atoms with Gasteiger partial charge in [0.05, 0.1) is 17.6 Å². The minimum absolute atomic E-state index is 0.0507. The Bertz CT molecular complexity index is 1080. The van der Waals surface area contributed by atoms with E-state index in [1.165, 1.54) is 0 Å². The molecule has 0 unspecified atom stereocenters. The SMILES string of the molecule is CCO[C@@H]1OC(C(=O)NCc2nc3ccccc3[nH]2)=C[C@H](c2ccc(Cl)cc2)[C@@H]1CCCO. The van der Waals surface area contributed by atoms with Crippen molar-refractivity contribution in [1.29, 1.82) is 0 Å². The minimum Gasteiger partial charge on any atom is -0.459 e. The van der Waals surface area contributed by atoms with Crippen LogP contribution in [0.4, 0.5) is 0 Å². The Morgan fingerprint density at radius 1 is 1.24 bits per heavy atom. The quantitative estimate of drug-likeness (QED) is 0.434. The number of amides is 1. The van der Waals surface area contributed by atoms with E-state index in [1.54, 1.807) is 0 Å². The zero-order valence-corrected chi connectivity index (χ0v) is 19.2. The molecule has 3 N–H and O–H groups in total. The van der Waals surface area contributed by atoms with E-state index in [1.807, 2.05) is 61.5 Å². The molecule has 0 fully saturated rings. The molecule has 174 valence electrons. The topological polar surface area (TPSA) is 96.5 Å². The van der Waals surface area contributed by atoms with Crippen molar-refractivity contribution in [2.45, 2.75) is 38.5 Å². The van der Waals surface area contributed by atoms with Crippen LogP contribution in [0.25, 0.3) is 11.0 Å². The van der Waals surface area contributed by atoms with Crippen molar-refractivity contribution in [2.75, 3.05) is 13.2 Å². The van der Waals surface area contributed by atoms with Gasteiger partial charge in [0.2, 0.25) is 6.29 Å². The third kappa shape index (κ3) is 5.55. The van der Waals surface area contributed by atoms with Gasteiger partial charge < -0.3 is 24.9 Å². The van der Waals surface area contributed by atoms with E-state index in [0.29, 0.717) is 30.3 Å². The third-order valence-corrected chi connectivity index (χ3v) is 6.00. The maximum atomic E-state index is 13.0. The fourth-order valence-electron chi connectivity index (χ4n) is 4.17. The summed E-state index contributed by atoms with van der Waals surface area (Å²) in [4.78, 5) is 20.7. The first-order valence-electron chi connectivity index (χ1n) is 11.2. The Morgan fingerprint density at radius 3 is 2.76 bits per heavy atom. The normalized spacial score (nSPS) is 20.3. The van der Waals surface area contributed by atoms with Crippen molar-refractivity contribution >= 4 is 28.5 Å². The number of aliphatic hydroxyl groups excluding tert-OH is 1. The summed E-state index contributed by atoms with van der Waals surface area (Å²) in [6, 6.07) is 15.3. The summed E-state index contributed by atoms with van der Waals surface area (Å²) >= 11 is 6.09. The zero-order chi connectivity index (χ0) is 23.2. The monoisotopic (exact) mass is 469 g/mol. The molecule has 0 aliphatic carbocycles. The van der Waals surface area contributed by atoms with E-state index in [9.17, 15) is 9.90 Å². The smallest absolute Gasteiger partial charge is 0.286 e. The number of benzene rings is 2. The molecule has 0 radical (unpaired) electrons. The van der Waals surface area contributed by atoms with Crippen LogP contribution in [0, 0.1) is 5.92 Å². The van der Waals surface area contributed by atoms with Crippen LogP contribution in [0.15, 0.2) is 60.4 Å². The molecule has 2 heterocycles. The van der Waals surface area contributed by atoms with Gasteiger partial charge in [-0.05, 0) is 55.7 Å². The van der Waals surface area contributed by atoms with Gasteiger partial charge in [-0.15, -0.1) is 0 Å². The van der Waals surface area contributed by atoms with Gasteiger partial charge in [0.15, 0.2) is 5.76 Å². The number of fused-ring (bicyclic) bond motifs is 1. The Hall–Kier alpha value is -2.87. The van der Waals surface area contributed by atoms with Gasteiger partial charge in [-0.25, -0.2) is 4.98 Å². The number of hydrogen-bond acceptors (Lipinski definition) is 5. The Labute approximate surface area is 197 Å². The summed E-state index contributed by atoms with van der Waals surface area (Å²) in [5.41, 5.74) is 2.78. The number of nitrogens with zero attached hydrogens (tertiary/aromatic N) is 1. The molecule has 1 aromatic heterocycles. The van der Waals surface area contributed by atoms with Crippen molar-refractivity contribution < 1.29 is 19.4 Å². The van der Waals surface area contributed by atoms with Crippen molar-refractivity contribution in [3.63, 3.8) is 0 Å². The number of carbonyl (C=O) groups is 1. The molecular formula is C25H28ClN3O4. The average Bonchev–Trinajstić information content (AvgIpc) is 3.25. The molecule has 1 aliphatic heterocycles. The van der Waals surface area contributed by atoms with E-state index in [2.05, 4.69) is 15.3 Å². The Morgan fingerprint density at radius 2 is 2.03 bits per heavy atom. The van der Waals surface area contributed by atoms with Gasteiger partial charge in [0, 0.05) is 30.1 Å². The molecule has 0 bridgehead atoms. The number of aromatic amines is 1. The number of aliphatic hydroxyl groups is 1. The highest BCUT2D eigenvalue weighted by Crippen LogP contribution is 2.39. The van der Waals surface area contributed by atoms with Crippen LogP contribution in [0.2, 0.25) is 5.02 Å². The zero-order valence-electron chi connectivity index (χ0n) is 18.5. The molecule has 1 aliphatic rings. The fraction of sp³-hybridized carbons (Fsp3) is 0.360. The summed E-state index contributed by atoms with van der Waals surface area (Å²) in [6.45, 7) is 2.66. The van der Waals surface area contributed by atoms with Crippen LogP contribution < -0.4 is 5.32 Å². The number of halogens is 1. The van der Waals surface area contributed by atoms with Gasteiger partial charge in [0.1, 0.15) is 5.82 Å². The molecule has 0 saturated carbocycles. The number of hydrogen-bond donors (Lipinski definition) is 3. The first kappa shape index (κ1) is 23.3. The molecule has 8 heteroatoms. The summed E-state index contributed by atoms with van der Waals surface area (Å²) in [6.07, 6.45) is 2.55. The second-order valence-electron chi connectivity index (χ2n) is 7.96.